The Bertz CT molecular complexity index is 945. The molecule has 7 heteroatoms. The van der Waals surface area contributed by atoms with Gasteiger partial charge >= 0.3 is 0 Å². The predicted molar refractivity (Wildman–Crippen MR) is 96.2 cm³/mol. The second-order valence-electron chi connectivity index (χ2n) is 5.93. The van der Waals surface area contributed by atoms with Crippen molar-refractivity contribution in [3.8, 4) is 11.4 Å². The fourth-order valence-electron chi connectivity index (χ4n) is 2.81. The quantitative estimate of drug-likeness (QED) is 0.718. The van der Waals surface area contributed by atoms with E-state index in [1.54, 1.807) is 18.2 Å². The van der Waals surface area contributed by atoms with Crippen molar-refractivity contribution in [3.63, 3.8) is 0 Å². The van der Waals surface area contributed by atoms with Crippen molar-refractivity contribution in [3.05, 3.63) is 64.9 Å². The average molecular weight is 374 g/mol. The van der Waals surface area contributed by atoms with Crippen LogP contribution in [0.15, 0.2) is 48.5 Å². The molecule has 1 aromatic heterocycles. The summed E-state index contributed by atoms with van der Waals surface area (Å²) in [5.74, 6) is 0.0542. The van der Waals surface area contributed by atoms with E-state index in [0.29, 0.717) is 16.0 Å². The van der Waals surface area contributed by atoms with E-state index in [1.807, 2.05) is 18.2 Å². The largest absolute Gasteiger partial charge is 0.300 e. The highest BCUT2D eigenvalue weighted by molar-refractivity contribution is 7.10. The Hall–Kier alpha value is -2.31. The van der Waals surface area contributed by atoms with Gasteiger partial charge in [-0.15, -0.1) is 0 Å². The van der Waals surface area contributed by atoms with Gasteiger partial charge in [-0.3, -0.25) is 4.79 Å². The Kier molecular flexibility index (Phi) is 4.23. The molecular formula is C18H13ClFN3OS. The van der Waals surface area contributed by atoms with Crippen molar-refractivity contribution in [2.45, 2.75) is 12.3 Å². The fourth-order valence-corrected chi connectivity index (χ4v) is 3.59. The second-order valence-corrected chi connectivity index (χ2v) is 7.11. The first kappa shape index (κ1) is 16.2. The molecule has 0 bridgehead atoms. The van der Waals surface area contributed by atoms with Gasteiger partial charge in [0.25, 0.3) is 0 Å². The third-order valence-electron chi connectivity index (χ3n) is 4.14. The van der Waals surface area contributed by atoms with Gasteiger partial charge in [-0.25, -0.2) is 4.39 Å². The van der Waals surface area contributed by atoms with Crippen LogP contribution in [0.25, 0.3) is 11.4 Å². The van der Waals surface area contributed by atoms with Crippen molar-refractivity contribution in [1.29, 1.82) is 0 Å². The fraction of sp³-hybridized carbons (Fsp3) is 0.167. The topological polar surface area (TPSA) is 54.9 Å². The van der Waals surface area contributed by atoms with Crippen LogP contribution in [0.2, 0.25) is 5.02 Å². The first-order chi connectivity index (χ1) is 12.1. The summed E-state index contributed by atoms with van der Waals surface area (Å²) in [5, 5.41) is 3.86. The van der Waals surface area contributed by atoms with Gasteiger partial charge in [0.15, 0.2) is 5.82 Å². The molecule has 0 spiro atoms. The molecule has 25 heavy (non-hydrogen) atoms. The van der Waals surface area contributed by atoms with Crippen molar-refractivity contribution < 1.29 is 9.18 Å². The molecule has 2 aromatic carbocycles. The minimum atomic E-state index is -0.279. The molecule has 1 fully saturated rings. The van der Waals surface area contributed by atoms with Crippen molar-refractivity contribution >= 4 is 34.2 Å². The molecule has 1 aliphatic rings. The number of amides is 1. The van der Waals surface area contributed by atoms with Crippen LogP contribution in [0.4, 0.5) is 9.52 Å². The van der Waals surface area contributed by atoms with Gasteiger partial charge in [-0.2, -0.15) is 9.36 Å². The van der Waals surface area contributed by atoms with Crippen LogP contribution in [0.5, 0.6) is 0 Å². The van der Waals surface area contributed by atoms with Crippen LogP contribution in [-0.4, -0.2) is 15.3 Å². The molecule has 0 radical (unpaired) electrons. The molecule has 4 nitrogen and oxygen atoms in total. The zero-order valence-electron chi connectivity index (χ0n) is 12.9. The minimum Gasteiger partial charge on any atom is -0.300 e. The van der Waals surface area contributed by atoms with E-state index in [4.69, 9.17) is 11.6 Å². The molecule has 1 aliphatic carbocycles. The lowest BCUT2D eigenvalue weighted by atomic mass is 10.1. The summed E-state index contributed by atoms with van der Waals surface area (Å²) >= 11 is 7.10. The number of aromatic nitrogens is 2. The lowest BCUT2D eigenvalue weighted by Gasteiger charge is -2.01. The van der Waals surface area contributed by atoms with E-state index in [0.717, 1.165) is 29.1 Å². The zero-order chi connectivity index (χ0) is 17.4. The Morgan fingerprint density at radius 1 is 1.24 bits per heavy atom. The molecule has 126 valence electrons. The SMILES string of the molecule is O=C(Nc1nc(-c2cccc(Cl)c2)ns1)[C@H]1C[C@H]1c1cccc(F)c1. The van der Waals surface area contributed by atoms with Crippen LogP contribution in [-0.2, 0) is 4.79 Å². The van der Waals surface area contributed by atoms with Crippen LogP contribution in [0, 0.1) is 11.7 Å². The summed E-state index contributed by atoms with van der Waals surface area (Å²) in [6, 6.07) is 13.6. The van der Waals surface area contributed by atoms with Gasteiger partial charge in [0.1, 0.15) is 5.82 Å². The molecule has 3 aromatic rings. The van der Waals surface area contributed by atoms with Crippen LogP contribution in [0.3, 0.4) is 0 Å². The summed E-state index contributed by atoms with van der Waals surface area (Å²) in [7, 11) is 0. The molecule has 1 amide bonds. The summed E-state index contributed by atoms with van der Waals surface area (Å²) in [4.78, 5) is 16.7. The van der Waals surface area contributed by atoms with Crippen LogP contribution >= 0.6 is 23.1 Å². The van der Waals surface area contributed by atoms with Crippen LogP contribution in [0.1, 0.15) is 17.9 Å². The number of carbonyl (C=O) groups is 1. The van der Waals surface area contributed by atoms with Crippen molar-refractivity contribution in [2.24, 2.45) is 5.92 Å². The summed E-state index contributed by atoms with van der Waals surface area (Å²) < 4.78 is 17.6. The van der Waals surface area contributed by atoms with Crippen molar-refractivity contribution in [2.75, 3.05) is 5.32 Å². The molecule has 1 heterocycles. The van der Waals surface area contributed by atoms with Gasteiger partial charge < -0.3 is 5.32 Å². The molecule has 2 atom stereocenters. The van der Waals surface area contributed by atoms with E-state index >= 15 is 0 Å². The Balaban J connectivity index is 1.42. The number of rotatable bonds is 4. The Labute approximate surface area is 152 Å². The van der Waals surface area contributed by atoms with Gasteiger partial charge in [-0.1, -0.05) is 35.9 Å². The molecule has 0 unspecified atom stereocenters. The van der Waals surface area contributed by atoms with E-state index in [1.165, 1.54) is 12.1 Å². The molecule has 1 N–H and O–H groups in total. The summed E-state index contributed by atoms with van der Waals surface area (Å²) in [6.45, 7) is 0. The lowest BCUT2D eigenvalue weighted by Crippen LogP contribution is -2.14. The maximum Gasteiger partial charge on any atom is 0.229 e. The monoisotopic (exact) mass is 373 g/mol. The summed E-state index contributed by atoms with van der Waals surface area (Å²) in [6.07, 6.45) is 0.718. The number of hydrogen-bond donors (Lipinski definition) is 1. The Morgan fingerprint density at radius 2 is 2.08 bits per heavy atom. The maximum absolute atomic E-state index is 13.3. The molecule has 4 rings (SSSR count). The first-order valence-corrected chi connectivity index (χ1v) is 8.91. The third-order valence-corrected chi connectivity index (χ3v) is 5.01. The highest BCUT2D eigenvalue weighted by atomic mass is 35.5. The van der Waals surface area contributed by atoms with Gasteiger partial charge in [-0.05, 0) is 42.2 Å². The Morgan fingerprint density at radius 3 is 2.88 bits per heavy atom. The van der Waals surface area contributed by atoms with E-state index < -0.39 is 0 Å². The first-order valence-electron chi connectivity index (χ1n) is 7.76. The smallest absolute Gasteiger partial charge is 0.229 e. The predicted octanol–water partition coefficient (Wildman–Crippen LogP) is 4.74. The second kappa shape index (κ2) is 6.54. The van der Waals surface area contributed by atoms with Gasteiger partial charge in [0.05, 0.1) is 0 Å². The average Bonchev–Trinajstić information content (AvgIpc) is 3.27. The lowest BCUT2D eigenvalue weighted by molar-refractivity contribution is -0.117. The van der Waals surface area contributed by atoms with Gasteiger partial charge in [0, 0.05) is 28.0 Å². The highest BCUT2D eigenvalue weighted by Crippen LogP contribution is 2.48. The number of nitrogens with one attached hydrogen (secondary N) is 1. The number of anilines is 1. The highest BCUT2D eigenvalue weighted by Gasteiger charge is 2.44. The third kappa shape index (κ3) is 3.55. The van der Waals surface area contributed by atoms with Crippen molar-refractivity contribution in [1.82, 2.24) is 9.36 Å². The van der Waals surface area contributed by atoms with E-state index in [2.05, 4.69) is 14.7 Å². The number of halogens is 2. The number of carbonyl (C=O) groups excluding carboxylic acids is 1. The number of nitrogens with zero attached hydrogens (tertiary/aromatic N) is 2. The summed E-state index contributed by atoms with van der Waals surface area (Å²) in [5.41, 5.74) is 1.66. The van der Waals surface area contributed by atoms with Gasteiger partial charge in [0.2, 0.25) is 11.0 Å². The maximum atomic E-state index is 13.3. The number of hydrogen-bond acceptors (Lipinski definition) is 4. The van der Waals surface area contributed by atoms with E-state index in [9.17, 15) is 9.18 Å². The van der Waals surface area contributed by atoms with Crippen LogP contribution < -0.4 is 5.32 Å². The molecule has 1 saturated carbocycles. The molecule has 0 saturated heterocycles. The van der Waals surface area contributed by atoms with E-state index in [-0.39, 0.29) is 23.6 Å². The minimum absolute atomic E-state index is 0.0658. The standard InChI is InChI=1S/C18H13ClFN3OS/c19-12-5-1-4-11(7-12)16-21-18(25-23-16)22-17(24)15-9-14(15)10-3-2-6-13(20)8-10/h1-8,14-15H,9H2,(H,21,22,23,24)/t14-,15-/m0/s1. The molecular weight excluding hydrogens is 361 g/mol. The number of benzene rings is 2. The normalized spacial score (nSPS) is 18.8. The molecule has 0 aliphatic heterocycles. The zero-order valence-corrected chi connectivity index (χ0v) is 14.5.